The predicted molar refractivity (Wildman–Crippen MR) is 72.7 cm³/mol. The molecule has 0 radical (unpaired) electrons. The Morgan fingerprint density at radius 3 is 2.28 bits per heavy atom. The van der Waals surface area contributed by atoms with Gasteiger partial charge in [0.05, 0.1) is 19.3 Å². The van der Waals surface area contributed by atoms with Crippen molar-refractivity contribution in [1.82, 2.24) is 4.98 Å². The van der Waals surface area contributed by atoms with E-state index in [-0.39, 0.29) is 6.04 Å². The van der Waals surface area contributed by atoms with Crippen LogP contribution in [0.1, 0.15) is 28.3 Å². The molecule has 94 valence electrons. The summed E-state index contributed by atoms with van der Waals surface area (Å²) >= 11 is 0. The van der Waals surface area contributed by atoms with Crippen molar-refractivity contribution in [1.29, 1.82) is 0 Å². The minimum absolute atomic E-state index is 0.175. The first-order chi connectivity index (χ1) is 8.60. The number of rotatable bonds is 3. The molecular formula is C15H18N2O. The van der Waals surface area contributed by atoms with Gasteiger partial charge in [-0.2, -0.15) is 0 Å². The number of aryl methyl sites for hydroxylation is 2. The Labute approximate surface area is 108 Å². The molecule has 2 N–H and O–H groups in total. The minimum atomic E-state index is -0.175. The fourth-order valence-electron chi connectivity index (χ4n) is 2.10. The summed E-state index contributed by atoms with van der Waals surface area (Å²) < 4.78 is 5.17. The van der Waals surface area contributed by atoms with Gasteiger partial charge >= 0.3 is 0 Å². The van der Waals surface area contributed by atoms with Gasteiger partial charge in [0.1, 0.15) is 5.75 Å². The topological polar surface area (TPSA) is 48.1 Å². The highest BCUT2D eigenvalue weighted by atomic mass is 16.5. The van der Waals surface area contributed by atoms with Crippen molar-refractivity contribution in [2.45, 2.75) is 19.9 Å². The number of hydrogen-bond acceptors (Lipinski definition) is 3. The number of nitrogens with zero attached hydrogens (tertiary/aromatic N) is 1. The van der Waals surface area contributed by atoms with Crippen LogP contribution in [0.25, 0.3) is 0 Å². The summed E-state index contributed by atoms with van der Waals surface area (Å²) in [6.45, 7) is 4.15. The van der Waals surface area contributed by atoms with Gasteiger partial charge in [0.25, 0.3) is 0 Å². The molecular weight excluding hydrogens is 224 g/mol. The molecule has 3 heteroatoms. The smallest absolute Gasteiger partial charge is 0.137 e. The number of benzene rings is 1. The number of aromatic nitrogens is 1. The molecule has 0 bridgehead atoms. The van der Waals surface area contributed by atoms with Crippen LogP contribution in [-0.2, 0) is 0 Å². The maximum Gasteiger partial charge on any atom is 0.137 e. The predicted octanol–water partition coefficient (Wildman–Crippen LogP) is 2.76. The van der Waals surface area contributed by atoms with Crippen molar-refractivity contribution in [3.63, 3.8) is 0 Å². The molecule has 18 heavy (non-hydrogen) atoms. The zero-order valence-corrected chi connectivity index (χ0v) is 11.0. The highest BCUT2D eigenvalue weighted by molar-refractivity contribution is 5.37. The molecule has 0 fully saturated rings. The fraction of sp³-hybridized carbons (Fsp3) is 0.267. The number of pyridine rings is 1. The SMILES string of the molecule is COc1cncc(C(N)c2cc(C)cc(C)c2)c1. The second-order valence-electron chi connectivity index (χ2n) is 4.56. The zero-order valence-electron chi connectivity index (χ0n) is 11.0. The lowest BCUT2D eigenvalue weighted by atomic mass is 9.97. The molecule has 0 aliphatic rings. The zero-order chi connectivity index (χ0) is 13.1. The van der Waals surface area contributed by atoms with Crippen LogP contribution in [0, 0.1) is 13.8 Å². The van der Waals surface area contributed by atoms with Gasteiger partial charge in [-0.15, -0.1) is 0 Å². The Hall–Kier alpha value is -1.87. The van der Waals surface area contributed by atoms with E-state index in [2.05, 4.69) is 37.0 Å². The molecule has 1 aromatic carbocycles. The summed E-state index contributed by atoms with van der Waals surface area (Å²) in [7, 11) is 1.63. The molecule has 0 aliphatic carbocycles. The summed E-state index contributed by atoms with van der Waals surface area (Å²) in [6.07, 6.45) is 3.46. The summed E-state index contributed by atoms with van der Waals surface area (Å²) in [5, 5.41) is 0. The Kier molecular flexibility index (Phi) is 3.63. The molecule has 0 amide bonds. The highest BCUT2D eigenvalue weighted by Gasteiger charge is 2.11. The molecule has 0 saturated carbocycles. The van der Waals surface area contributed by atoms with Crippen LogP contribution in [-0.4, -0.2) is 12.1 Å². The first-order valence-corrected chi connectivity index (χ1v) is 5.93. The lowest BCUT2D eigenvalue weighted by molar-refractivity contribution is 0.412. The third-order valence-electron chi connectivity index (χ3n) is 2.93. The molecule has 0 aliphatic heterocycles. The molecule has 1 heterocycles. The first kappa shape index (κ1) is 12.6. The summed E-state index contributed by atoms with van der Waals surface area (Å²) in [4.78, 5) is 4.14. The van der Waals surface area contributed by atoms with Gasteiger partial charge in [0, 0.05) is 6.20 Å². The van der Waals surface area contributed by atoms with Crippen molar-refractivity contribution in [2.75, 3.05) is 7.11 Å². The Balaban J connectivity index is 2.37. The number of ether oxygens (including phenoxy) is 1. The van der Waals surface area contributed by atoms with Crippen molar-refractivity contribution >= 4 is 0 Å². The number of methoxy groups -OCH3 is 1. The van der Waals surface area contributed by atoms with Crippen LogP contribution in [0.5, 0.6) is 5.75 Å². The van der Waals surface area contributed by atoms with Gasteiger partial charge in [0.15, 0.2) is 0 Å². The van der Waals surface area contributed by atoms with E-state index < -0.39 is 0 Å². The van der Waals surface area contributed by atoms with Crippen LogP contribution in [0.2, 0.25) is 0 Å². The standard InChI is InChI=1S/C15H18N2O/c1-10-4-11(2)6-12(5-10)15(16)13-7-14(18-3)9-17-8-13/h4-9,15H,16H2,1-3H3. The maximum absolute atomic E-state index is 6.28. The van der Waals surface area contributed by atoms with E-state index in [0.717, 1.165) is 16.9 Å². The summed E-state index contributed by atoms with van der Waals surface area (Å²) in [5.41, 5.74) is 10.8. The van der Waals surface area contributed by atoms with E-state index in [0.29, 0.717) is 0 Å². The quantitative estimate of drug-likeness (QED) is 0.900. The Morgan fingerprint density at radius 2 is 1.67 bits per heavy atom. The van der Waals surface area contributed by atoms with Crippen LogP contribution < -0.4 is 10.5 Å². The minimum Gasteiger partial charge on any atom is -0.495 e. The molecule has 2 aromatic rings. The van der Waals surface area contributed by atoms with Gasteiger partial charge in [-0.3, -0.25) is 4.98 Å². The van der Waals surface area contributed by atoms with Gasteiger partial charge < -0.3 is 10.5 Å². The van der Waals surface area contributed by atoms with Gasteiger partial charge in [-0.05, 0) is 31.0 Å². The fourth-order valence-corrected chi connectivity index (χ4v) is 2.10. The third kappa shape index (κ3) is 2.68. The van der Waals surface area contributed by atoms with E-state index >= 15 is 0 Å². The second kappa shape index (κ2) is 5.19. The molecule has 3 nitrogen and oxygen atoms in total. The van der Waals surface area contributed by atoms with Crippen molar-refractivity contribution in [3.05, 3.63) is 58.9 Å². The third-order valence-corrected chi connectivity index (χ3v) is 2.93. The largest absolute Gasteiger partial charge is 0.495 e. The molecule has 0 saturated heterocycles. The molecule has 1 unspecified atom stereocenters. The van der Waals surface area contributed by atoms with E-state index in [1.165, 1.54) is 11.1 Å². The van der Waals surface area contributed by atoms with Crippen LogP contribution >= 0.6 is 0 Å². The van der Waals surface area contributed by atoms with E-state index in [1.54, 1.807) is 19.5 Å². The summed E-state index contributed by atoms with van der Waals surface area (Å²) in [5.74, 6) is 0.729. The maximum atomic E-state index is 6.28. The Morgan fingerprint density at radius 1 is 1.00 bits per heavy atom. The van der Waals surface area contributed by atoms with Crippen molar-refractivity contribution in [2.24, 2.45) is 5.73 Å². The second-order valence-corrected chi connectivity index (χ2v) is 4.56. The average molecular weight is 242 g/mol. The Bertz CT molecular complexity index is 532. The number of nitrogens with two attached hydrogens (primary N) is 1. The lowest BCUT2D eigenvalue weighted by Crippen LogP contribution is -2.12. The molecule has 1 atom stereocenters. The summed E-state index contributed by atoms with van der Waals surface area (Å²) in [6, 6.07) is 8.11. The van der Waals surface area contributed by atoms with Gasteiger partial charge in [-0.1, -0.05) is 29.3 Å². The van der Waals surface area contributed by atoms with Crippen LogP contribution in [0.15, 0.2) is 36.7 Å². The molecule has 1 aromatic heterocycles. The monoisotopic (exact) mass is 242 g/mol. The highest BCUT2D eigenvalue weighted by Crippen LogP contribution is 2.23. The van der Waals surface area contributed by atoms with Crippen molar-refractivity contribution in [3.8, 4) is 5.75 Å². The van der Waals surface area contributed by atoms with E-state index in [4.69, 9.17) is 10.5 Å². The normalized spacial score (nSPS) is 12.2. The van der Waals surface area contributed by atoms with Crippen LogP contribution in [0.3, 0.4) is 0 Å². The van der Waals surface area contributed by atoms with Crippen molar-refractivity contribution < 1.29 is 4.74 Å². The van der Waals surface area contributed by atoms with E-state index in [1.807, 2.05) is 6.07 Å². The van der Waals surface area contributed by atoms with Crippen LogP contribution in [0.4, 0.5) is 0 Å². The van der Waals surface area contributed by atoms with Gasteiger partial charge in [0.2, 0.25) is 0 Å². The first-order valence-electron chi connectivity index (χ1n) is 5.93. The lowest BCUT2D eigenvalue weighted by Gasteiger charge is -2.14. The molecule has 0 spiro atoms. The van der Waals surface area contributed by atoms with E-state index in [9.17, 15) is 0 Å². The van der Waals surface area contributed by atoms with Gasteiger partial charge in [-0.25, -0.2) is 0 Å². The number of hydrogen-bond donors (Lipinski definition) is 1. The average Bonchev–Trinajstić information content (AvgIpc) is 2.37. The molecule has 2 rings (SSSR count).